The molecular weight excluding hydrogens is 660 g/mol. The van der Waals surface area contributed by atoms with Gasteiger partial charge < -0.3 is 43.4 Å². The first kappa shape index (κ1) is 38.3. The number of hydrogen-bond acceptors (Lipinski definition) is 9. The summed E-state index contributed by atoms with van der Waals surface area (Å²) >= 11 is 0. The normalized spacial score (nSPS) is 27.7. The quantitative estimate of drug-likeness (QED) is 0.124. The molecule has 2 N–H and O–H groups in total. The van der Waals surface area contributed by atoms with Crippen molar-refractivity contribution in [2.45, 2.75) is 95.2 Å². The molecule has 2 fully saturated rings. The van der Waals surface area contributed by atoms with Gasteiger partial charge in [0.05, 0.1) is 51.8 Å². The van der Waals surface area contributed by atoms with Crippen LogP contribution >= 0.6 is 0 Å². The second-order valence-electron chi connectivity index (χ2n) is 13.5. The molecule has 0 amide bonds. The summed E-state index contributed by atoms with van der Waals surface area (Å²) in [7, 11) is 0. The number of rotatable bonds is 18. The average molecular weight is 713 g/mol. The van der Waals surface area contributed by atoms with Gasteiger partial charge >= 0.3 is 0 Å². The number of ether oxygens (including phenoxy) is 7. The standard InChI is InChI=1S/C43H52O9/c1-2-47-39-24-35(40(45)37(25-44)52-39)23-36-41(48-27-32-17-9-4-10-18-32)43(50-29-34-21-13-6-14-22-34)42(49-28-33-19-11-5-12-20-33)38(51-36)30-46-26-31-15-7-3-8-16-31/h3-22,35-45H,2,23-30H2,1H3/t35-,36-,37-,38-,39-,40+,41+,42-,43-/m1/s1. The lowest BCUT2D eigenvalue weighted by atomic mass is 9.82. The van der Waals surface area contributed by atoms with Crippen molar-refractivity contribution in [1.29, 1.82) is 0 Å². The molecule has 0 aromatic heterocycles. The monoisotopic (exact) mass is 712 g/mol. The van der Waals surface area contributed by atoms with Crippen LogP contribution in [0.15, 0.2) is 121 Å². The van der Waals surface area contributed by atoms with Crippen LogP contribution in [-0.2, 0) is 59.6 Å². The summed E-state index contributed by atoms with van der Waals surface area (Å²) < 4.78 is 45.6. The second kappa shape index (κ2) is 20.1. The van der Waals surface area contributed by atoms with Crippen LogP contribution in [0.5, 0.6) is 0 Å². The minimum Gasteiger partial charge on any atom is -0.394 e. The van der Waals surface area contributed by atoms with E-state index in [1.54, 1.807) is 0 Å². The molecule has 0 aliphatic carbocycles. The largest absolute Gasteiger partial charge is 0.394 e. The van der Waals surface area contributed by atoms with Gasteiger partial charge in [-0.15, -0.1) is 0 Å². The molecule has 9 nitrogen and oxygen atoms in total. The van der Waals surface area contributed by atoms with Crippen molar-refractivity contribution in [2.75, 3.05) is 19.8 Å². The number of aliphatic hydroxyl groups is 2. The fourth-order valence-electron chi connectivity index (χ4n) is 7.07. The molecule has 4 aromatic rings. The highest BCUT2D eigenvalue weighted by Gasteiger charge is 2.50. The molecule has 52 heavy (non-hydrogen) atoms. The first-order valence-electron chi connectivity index (χ1n) is 18.4. The van der Waals surface area contributed by atoms with Crippen LogP contribution in [-0.4, -0.2) is 79.1 Å². The van der Waals surface area contributed by atoms with Gasteiger partial charge in [0.1, 0.15) is 30.5 Å². The predicted molar refractivity (Wildman–Crippen MR) is 196 cm³/mol. The Kier molecular flexibility index (Phi) is 14.8. The summed E-state index contributed by atoms with van der Waals surface area (Å²) in [6.45, 7) is 3.70. The fraction of sp³-hybridized carbons (Fsp3) is 0.442. The molecule has 0 bridgehead atoms. The number of hydrogen-bond donors (Lipinski definition) is 2. The highest BCUT2D eigenvalue weighted by molar-refractivity contribution is 5.16. The van der Waals surface area contributed by atoms with Crippen molar-refractivity contribution in [3.63, 3.8) is 0 Å². The van der Waals surface area contributed by atoms with E-state index in [1.807, 2.05) is 128 Å². The molecule has 2 saturated heterocycles. The summed E-state index contributed by atoms with van der Waals surface area (Å²) in [6, 6.07) is 40.2. The Morgan fingerprint density at radius 1 is 0.558 bits per heavy atom. The maximum Gasteiger partial charge on any atom is 0.158 e. The van der Waals surface area contributed by atoms with E-state index in [4.69, 9.17) is 33.2 Å². The predicted octanol–water partition coefficient (Wildman–Crippen LogP) is 6.24. The third-order valence-electron chi connectivity index (χ3n) is 9.73. The van der Waals surface area contributed by atoms with Crippen LogP contribution in [0.2, 0.25) is 0 Å². The van der Waals surface area contributed by atoms with E-state index in [-0.39, 0.29) is 19.1 Å². The zero-order valence-corrected chi connectivity index (χ0v) is 29.9. The first-order valence-corrected chi connectivity index (χ1v) is 18.4. The maximum absolute atomic E-state index is 11.4. The van der Waals surface area contributed by atoms with Gasteiger partial charge in [-0.25, -0.2) is 0 Å². The van der Waals surface area contributed by atoms with Gasteiger partial charge in [0, 0.05) is 13.0 Å². The Morgan fingerprint density at radius 2 is 1.02 bits per heavy atom. The summed E-state index contributed by atoms with van der Waals surface area (Å²) in [4.78, 5) is 0. The highest BCUT2D eigenvalue weighted by Crippen LogP contribution is 2.37. The van der Waals surface area contributed by atoms with E-state index in [0.717, 1.165) is 22.3 Å². The molecule has 2 aliphatic heterocycles. The molecule has 4 aromatic carbocycles. The lowest BCUT2D eigenvalue weighted by Crippen LogP contribution is -2.62. The van der Waals surface area contributed by atoms with Crippen molar-refractivity contribution in [3.05, 3.63) is 144 Å². The highest BCUT2D eigenvalue weighted by atomic mass is 16.7. The molecule has 2 heterocycles. The van der Waals surface area contributed by atoms with Crippen LogP contribution in [0.25, 0.3) is 0 Å². The van der Waals surface area contributed by atoms with Gasteiger partial charge in [-0.3, -0.25) is 0 Å². The molecular formula is C43H52O9. The van der Waals surface area contributed by atoms with E-state index < -0.39 is 49.0 Å². The third kappa shape index (κ3) is 10.8. The SMILES string of the molecule is CCO[C@H]1C[C@@H](C[C@H]2O[C@H](COCc3ccccc3)[C@@H](OCc3ccccc3)[C@H](OCc3ccccc3)[C@H]2OCc2ccccc2)[C@H](O)[C@@H](CO)O1. The van der Waals surface area contributed by atoms with Crippen molar-refractivity contribution >= 4 is 0 Å². The summed E-state index contributed by atoms with van der Waals surface area (Å²) in [5, 5.41) is 21.6. The Morgan fingerprint density at radius 3 is 1.50 bits per heavy atom. The Balaban J connectivity index is 1.33. The van der Waals surface area contributed by atoms with Crippen molar-refractivity contribution in [2.24, 2.45) is 5.92 Å². The van der Waals surface area contributed by atoms with Gasteiger partial charge in [-0.05, 0) is 41.5 Å². The van der Waals surface area contributed by atoms with Gasteiger partial charge in [-0.1, -0.05) is 121 Å². The van der Waals surface area contributed by atoms with E-state index in [0.29, 0.717) is 45.9 Å². The molecule has 6 rings (SSSR count). The second-order valence-corrected chi connectivity index (χ2v) is 13.5. The van der Waals surface area contributed by atoms with Gasteiger partial charge in [-0.2, -0.15) is 0 Å². The van der Waals surface area contributed by atoms with E-state index in [2.05, 4.69) is 0 Å². The van der Waals surface area contributed by atoms with Gasteiger partial charge in [0.2, 0.25) is 0 Å². The van der Waals surface area contributed by atoms with Crippen LogP contribution < -0.4 is 0 Å². The first-order chi connectivity index (χ1) is 25.6. The summed E-state index contributed by atoms with van der Waals surface area (Å²) in [6.07, 6.45) is -4.16. The van der Waals surface area contributed by atoms with Gasteiger partial charge in [0.15, 0.2) is 6.29 Å². The molecule has 2 aliphatic rings. The molecule has 0 spiro atoms. The molecule has 0 unspecified atom stereocenters. The lowest BCUT2D eigenvalue weighted by Gasteiger charge is -2.48. The van der Waals surface area contributed by atoms with Crippen molar-refractivity contribution in [1.82, 2.24) is 0 Å². The van der Waals surface area contributed by atoms with Crippen molar-refractivity contribution < 1.29 is 43.4 Å². The smallest absolute Gasteiger partial charge is 0.158 e. The minimum atomic E-state index is -0.927. The van der Waals surface area contributed by atoms with Crippen LogP contribution in [0.1, 0.15) is 42.0 Å². The molecule has 0 radical (unpaired) electrons. The Labute approximate surface area is 307 Å². The molecule has 9 heteroatoms. The van der Waals surface area contributed by atoms with E-state index in [1.165, 1.54) is 0 Å². The van der Waals surface area contributed by atoms with Crippen LogP contribution in [0.3, 0.4) is 0 Å². The van der Waals surface area contributed by atoms with Gasteiger partial charge in [0.25, 0.3) is 0 Å². The molecule has 0 saturated carbocycles. The van der Waals surface area contributed by atoms with Crippen LogP contribution in [0.4, 0.5) is 0 Å². The van der Waals surface area contributed by atoms with Crippen LogP contribution in [0, 0.1) is 5.92 Å². The molecule has 9 atom stereocenters. The summed E-state index contributed by atoms with van der Waals surface area (Å²) in [5.41, 5.74) is 4.12. The number of benzene rings is 4. The van der Waals surface area contributed by atoms with E-state index in [9.17, 15) is 10.2 Å². The zero-order chi connectivity index (χ0) is 36.0. The zero-order valence-electron chi connectivity index (χ0n) is 29.9. The fourth-order valence-corrected chi connectivity index (χ4v) is 7.07. The molecule has 278 valence electrons. The van der Waals surface area contributed by atoms with E-state index >= 15 is 0 Å². The Bertz CT molecular complexity index is 1540. The lowest BCUT2D eigenvalue weighted by molar-refractivity contribution is -0.284. The van der Waals surface area contributed by atoms with Crippen molar-refractivity contribution in [3.8, 4) is 0 Å². The third-order valence-corrected chi connectivity index (χ3v) is 9.73. The number of aliphatic hydroxyl groups excluding tert-OH is 2. The Hall–Kier alpha value is -3.48. The average Bonchev–Trinajstić information content (AvgIpc) is 3.19. The minimum absolute atomic E-state index is 0.249. The maximum atomic E-state index is 11.4. The topological polar surface area (TPSA) is 105 Å². The summed E-state index contributed by atoms with van der Waals surface area (Å²) in [5.74, 6) is -0.308.